The molecule has 14 heavy (non-hydrogen) atoms. The fraction of sp³-hybridized carbons (Fsp3) is 0.636. The summed E-state index contributed by atoms with van der Waals surface area (Å²) in [6.07, 6.45) is 3.82. The van der Waals surface area contributed by atoms with E-state index in [0.29, 0.717) is 12.0 Å². The van der Waals surface area contributed by atoms with Gasteiger partial charge in [-0.2, -0.15) is 0 Å². The van der Waals surface area contributed by atoms with Crippen molar-refractivity contribution in [2.75, 3.05) is 11.9 Å². The van der Waals surface area contributed by atoms with Crippen LogP contribution in [-0.2, 0) is 0 Å². The lowest BCUT2D eigenvalue weighted by molar-refractivity contribution is 0.724. The van der Waals surface area contributed by atoms with Crippen molar-refractivity contribution in [2.45, 2.75) is 39.7 Å². The first kappa shape index (κ1) is 11.0. The van der Waals surface area contributed by atoms with Crippen molar-refractivity contribution in [2.24, 2.45) is 0 Å². The Morgan fingerprint density at radius 1 is 1.07 bits per heavy atom. The molecule has 0 aliphatic heterocycles. The SMILES string of the molecule is CC(C)c1cnc(N(C)C(C)C)nc1. The first-order chi connectivity index (χ1) is 6.52. The van der Waals surface area contributed by atoms with Crippen LogP contribution in [-0.4, -0.2) is 23.1 Å². The molecule has 0 N–H and O–H groups in total. The molecule has 3 heteroatoms. The molecule has 0 radical (unpaired) electrons. The molecule has 0 saturated carbocycles. The third-order valence-electron chi connectivity index (χ3n) is 2.41. The van der Waals surface area contributed by atoms with Gasteiger partial charge in [0.05, 0.1) is 0 Å². The predicted molar refractivity (Wildman–Crippen MR) is 59.7 cm³/mol. The van der Waals surface area contributed by atoms with E-state index in [9.17, 15) is 0 Å². The Hall–Kier alpha value is -1.12. The van der Waals surface area contributed by atoms with Crippen LogP contribution in [0.15, 0.2) is 12.4 Å². The lowest BCUT2D eigenvalue weighted by atomic mass is 10.1. The Morgan fingerprint density at radius 2 is 1.57 bits per heavy atom. The van der Waals surface area contributed by atoms with Gasteiger partial charge in [0.25, 0.3) is 0 Å². The fourth-order valence-electron chi connectivity index (χ4n) is 1.04. The largest absolute Gasteiger partial charge is 0.341 e. The van der Waals surface area contributed by atoms with Crippen LogP contribution in [0, 0.1) is 0 Å². The molecule has 0 aromatic carbocycles. The Balaban J connectivity index is 2.83. The number of nitrogens with zero attached hydrogens (tertiary/aromatic N) is 3. The zero-order valence-electron chi connectivity index (χ0n) is 9.65. The van der Waals surface area contributed by atoms with Crippen molar-refractivity contribution >= 4 is 5.95 Å². The molecule has 1 heterocycles. The average molecular weight is 193 g/mol. The molecule has 1 rings (SSSR count). The maximum absolute atomic E-state index is 4.34. The first-order valence-electron chi connectivity index (χ1n) is 5.07. The summed E-state index contributed by atoms with van der Waals surface area (Å²) in [5.41, 5.74) is 1.19. The number of hydrogen-bond donors (Lipinski definition) is 0. The van der Waals surface area contributed by atoms with E-state index in [4.69, 9.17) is 0 Å². The standard InChI is InChI=1S/C11H19N3/c1-8(2)10-6-12-11(13-7-10)14(5)9(3)4/h6-9H,1-5H3. The molecule has 0 aliphatic rings. The van der Waals surface area contributed by atoms with Gasteiger partial charge in [0.2, 0.25) is 5.95 Å². The van der Waals surface area contributed by atoms with E-state index in [0.717, 1.165) is 5.95 Å². The smallest absolute Gasteiger partial charge is 0.225 e. The maximum atomic E-state index is 4.34. The second kappa shape index (κ2) is 4.40. The minimum absolute atomic E-state index is 0.430. The normalized spacial score (nSPS) is 11.1. The molecule has 1 aromatic rings. The monoisotopic (exact) mass is 193 g/mol. The van der Waals surface area contributed by atoms with Crippen LogP contribution in [0.3, 0.4) is 0 Å². The molecule has 0 bridgehead atoms. The molecule has 3 nitrogen and oxygen atoms in total. The highest BCUT2D eigenvalue weighted by molar-refractivity contribution is 5.30. The number of anilines is 1. The molecule has 1 aromatic heterocycles. The summed E-state index contributed by atoms with van der Waals surface area (Å²) in [5.74, 6) is 1.29. The predicted octanol–water partition coefficient (Wildman–Crippen LogP) is 2.44. The van der Waals surface area contributed by atoms with Crippen molar-refractivity contribution in [1.29, 1.82) is 0 Å². The number of hydrogen-bond acceptors (Lipinski definition) is 3. The minimum atomic E-state index is 0.430. The molecule has 0 saturated heterocycles. The second-order valence-electron chi connectivity index (χ2n) is 4.18. The van der Waals surface area contributed by atoms with E-state index in [1.54, 1.807) is 0 Å². The van der Waals surface area contributed by atoms with Gasteiger partial charge in [-0.3, -0.25) is 0 Å². The van der Waals surface area contributed by atoms with E-state index in [1.165, 1.54) is 5.56 Å². The van der Waals surface area contributed by atoms with E-state index < -0.39 is 0 Å². The van der Waals surface area contributed by atoms with Gasteiger partial charge in [-0.25, -0.2) is 9.97 Å². The summed E-state index contributed by atoms with van der Waals surface area (Å²) in [7, 11) is 2.01. The van der Waals surface area contributed by atoms with E-state index in [2.05, 4.69) is 42.6 Å². The van der Waals surface area contributed by atoms with Crippen LogP contribution in [0.4, 0.5) is 5.95 Å². The average Bonchev–Trinajstić information content (AvgIpc) is 2.16. The Labute approximate surface area is 86.2 Å². The minimum Gasteiger partial charge on any atom is -0.341 e. The van der Waals surface area contributed by atoms with Gasteiger partial charge < -0.3 is 4.90 Å². The highest BCUT2D eigenvalue weighted by Gasteiger charge is 2.08. The number of rotatable bonds is 3. The maximum Gasteiger partial charge on any atom is 0.225 e. The van der Waals surface area contributed by atoms with Crippen molar-refractivity contribution < 1.29 is 0 Å². The Kier molecular flexibility index (Phi) is 3.44. The van der Waals surface area contributed by atoms with Gasteiger partial charge in [0, 0.05) is 25.5 Å². The lowest BCUT2D eigenvalue weighted by Crippen LogP contribution is -2.27. The van der Waals surface area contributed by atoms with E-state index >= 15 is 0 Å². The lowest BCUT2D eigenvalue weighted by Gasteiger charge is -2.21. The molecule has 0 fully saturated rings. The van der Waals surface area contributed by atoms with Gasteiger partial charge in [-0.05, 0) is 25.3 Å². The summed E-state index contributed by atoms with van der Waals surface area (Å²) >= 11 is 0. The summed E-state index contributed by atoms with van der Waals surface area (Å²) < 4.78 is 0. The van der Waals surface area contributed by atoms with Crippen molar-refractivity contribution in [3.8, 4) is 0 Å². The molecule has 0 atom stereocenters. The van der Waals surface area contributed by atoms with Crippen molar-refractivity contribution in [3.63, 3.8) is 0 Å². The Morgan fingerprint density at radius 3 is 1.93 bits per heavy atom. The highest BCUT2D eigenvalue weighted by atomic mass is 15.2. The van der Waals surface area contributed by atoms with Gasteiger partial charge in [-0.15, -0.1) is 0 Å². The fourth-order valence-corrected chi connectivity index (χ4v) is 1.04. The summed E-state index contributed by atoms with van der Waals surface area (Å²) in [4.78, 5) is 10.7. The van der Waals surface area contributed by atoms with Crippen LogP contribution in [0.2, 0.25) is 0 Å². The third-order valence-corrected chi connectivity index (χ3v) is 2.41. The van der Waals surface area contributed by atoms with Gasteiger partial charge in [-0.1, -0.05) is 13.8 Å². The molecule has 0 aliphatic carbocycles. The molecule has 0 unspecified atom stereocenters. The number of aromatic nitrogens is 2. The molecular formula is C11H19N3. The first-order valence-corrected chi connectivity index (χ1v) is 5.07. The zero-order valence-corrected chi connectivity index (χ0v) is 9.65. The van der Waals surface area contributed by atoms with Crippen LogP contribution in [0.25, 0.3) is 0 Å². The van der Waals surface area contributed by atoms with Gasteiger partial charge in [0.15, 0.2) is 0 Å². The zero-order chi connectivity index (χ0) is 10.7. The van der Waals surface area contributed by atoms with E-state index in [-0.39, 0.29) is 0 Å². The topological polar surface area (TPSA) is 29.0 Å². The second-order valence-corrected chi connectivity index (χ2v) is 4.18. The highest BCUT2D eigenvalue weighted by Crippen LogP contribution is 2.14. The van der Waals surface area contributed by atoms with Gasteiger partial charge >= 0.3 is 0 Å². The summed E-state index contributed by atoms with van der Waals surface area (Å²) in [6, 6.07) is 0.430. The van der Waals surface area contributed by atoms with Crippen LogP contribution in [0.5, 0.6) is 0 Å². The van der Waals surface area contributed by atoms with Crippen LogP contribution >= 0.6 is 0 Å². The third kappa shape index (κ3) is 2.44. The van der Waals surface area contributed by atoms with Crippen molar-refractivity contribution in [1.82, 2.24) is 9.97 Å². The van der Waals surface area contributed by atoms with Gasteiger partial charge in [0.1, 0.15) is 0 Å². The molecule has 0 amide bonds. The van der Waals surface area contributed by atoms with Crippen LogP contribution < -0.4 is 4.90 Å². The molecular weight excluding hydrogens is 174 g/mol. The van der Waals surface area contributed by atoms with Crippen molar-refractivity contribution in [3.05, 3.63) is 18.0 Å². The van der Waals surface area contributed by atoms with E-state index in [1.807, 2.05) is 19.4 Å². The Bertz CT molecular complexity index is 277. The van der Waals surface area contributed by atoms with Crippen LogP contribution in [0.1, 0.15) is 39.2 Å². The summed E-state index contributed by atoms with van der Waals surface area (Å²) in [5, 5.41) is 0. The molecule has 0 spiro atoms. The molecule has 78 valence electrons. The summed E-state index contributed by atoms with van der Waals surface area (Å²) in [6.45, 7) is 8.54. The quantitative estimate of drug-likeness (QED) is 0.738.